The monoisotopic (exact) mass is 208 g/mol. The van der Waals surface area contributed by atoms with E-state index in [9.17, 15) is 0 Å². The number of hydrogen-bond donors (Lipinski definition) is 2. The van der Waals surface area contributed by atoms with Gasteiger partial charge in [0.15, 0.2) is 0 Å². The van der Waals surface area contributed by atoms with E-state index in [4.69, 9.17) is 11.1 Å². The first-order valence-electron chi connectivity index (χ1n) is 5.33. The summed E-state index contributed by atoms with van der Waals surface area (Å²) >= 11 is 0. The van der Waals surface area contributed by atoms with E-state index in [1.165, 1.54) is 16.3 Å². The number of nitrogens with two attached hydrogens (primary N) is 1. The number of benzene rings is 2. The van der Waals surface area contributed by atoms with Gasteiger partial charge in [0.05, 0.1) is 0 Å². The van der Waals surface area contributed by atoms with E-state index >= 15 is 0 Å². The van der Waals surface area contributed by atoms with Crippen molar-refractivity contribution in [3.8, 4) is 0 Å². The van der Waals surface area contributed by atoms with E-state index in [0.29, 0.717) is 0 Å². The van der Waals surface area contributed by atoms with E-state index in [1.807, 2.05) is 18.2 Å². The topological polar surface area (TPSA) is 49.9 Å². The fourth-order valence-electron chi connectivity index (χ4n) is 2.39. The van der Waals surface area contributed by atoms with Crippen molar-refractivity contribution >= 4 is 22.2 Å². The Morgan fingerprint density at radius 1 is 1.12 bits per heavy atom. The molecule has 0 radical (unpaired) electrons. The van der Waals surface area contributed by atoms with E-state index in [2.05, 4.69) is 24.3 Å². The first-order valence-corrected chi connectivity index (χ1v) is 5.33. The summed E-state index contributed by atoms with van der Waals surface area (Å²) in [6.07, 6.45) is 2.91. The zero-order valence-corrected chi connectivity index (χ0v) is 8.83. The van der Waals surface area contributed by atoms with Gasteiger partial charge in [0, 0.05) is 5.57 Å². The Kier molecular flexibility index (Phi) is 1.83. The molecule has 2 aromatic carbocycles. The molecule has 0 bridgehead atoms. The summed E-state index contributed by atoms with van der Waals surface area (Å²) in [7, 11) is 0. The van der Waals surface area contributed by atoms with Gasteiger partial charge in [-0.15, -0.1) is 0 Å². The second-order valence-corrected chi connectivity index (χ2v) is 4.06. The van der Waals surface area contributed by atoms with Crippen molar-refractivity contribution in [2.24, 2.45) is 5.73 Å². The Morgan fingerprint density at radius 2 is 1.88 bits per heavy atom. The normalized spacial score (nSPS) is 13.6. The van der Waals surface area contributed by atoms with Gasteiger partial charge < -0.3 is 5.73 Å². The van der Waals surface area contributed by atoms with E-state index in [1.54, 1.807) is 0 Å². The Balaban J connectivity index is 2.41. The number of hydrogen-bond acceptors (Lipinski definition) is 1. The van der Waals surface area contributed by atoms with Gasteiger partial charge >= 0.3 is 0 Å². The molecule has 2 nitrogen and oxygen atoms in total. The highest BCUT2D eigenvalue weighted by atomic mass is 14.7. The van der Waals surface area contributed by atoms with Gasteiger partial charge in [0.1, 0.15) is 5.84 Å². The summed E-state index contributed by atoms with van der Waals surface area (Å²) in [6.45, 7) is 0. The fraction of sp³-hybridized carbons (Fsp3) is 0.0714. The molecule has 1 aliphatic carbocycles. The minimum absolute atomic E-state index is 0.155. The maximum atomic E-state index is 7.60. The lowest BCUT2D eigenvalue weighted by Gasteiger charge is -2.17. The van der Waals surface area contributed by atoms with Crippen molar-refractivity contribution < 1.29 is 0 Å². The van der Waals surface area contributed by atoms with Crippen molar-refractivity contribution in [2.75, 3.05) is 0 Å². The molecule has 2 aromatic rings. The molecule has 0 aromatic heterocycles. The zero-order valence-electron chi connectivity index (χ0n) is 8.83. The maximum absolute atomic E-state index is 7.60. The van der Waals surface area contributed by atoms with Gasteiger partial charge in [-0.1, -0.05) is 42.5 Å². The predicted molar refractivity (Wildman–Crippen MR) is 67.5 cm³/mol. The van der Waals surface area contributed by atoms with Crippen molar-refractivity contribution in [3.05, 3.63) is 53.6 Å². The molecule has 0 unspecified atom stereocenters. The molecule has 0 fully saturated rings. The average molecular weight is 208 g/mol. The molecule has 1 aliphatic rings. The molecule has 3 rings (SSSR count). The number of nitrogens with one attached hydrogen (secondary N) is 1. The number of allylic oxidation sites excluding steroid dienone is 1. The standard InChI is InChI=1S/C14H12N2/c15-14(16)12-8-7-10-4-1-3-9-5-2-6-11(12)13(9)10/h1-6,8H,7H2,(H3,15,16). The van der Waals surface area contributed by atoms with Crippen molar-refractivity contribution in [1.82, 2.24) is 0 Å². The van der Waals surface area contributed by atoms with Crippen molar-refractivity contribution in [3.63, 3.8) is 0 Å². The van der Waals surface area contributed by atoms with E-state index in [0.717, 1.165) is 17.6 Å². The highest BCUT2D eigenvalue weighted by molar-refractivity contribution is 6.24. The van der Waals surface area contributed by atoms with Gasteiger partial charge in [0.25, 0.3) is 0 Å². The number of amidine groups is 1. The van der Waals surface area contributed by atoms with Crippen LogP contribution in [0.3, 0.4) is 0 Å². The van der Waals surface area contributed by atoms with Crippen LogP contribution in [0.5, 0.6) is 0 Å². The molecule has 78 valence electrons. The average Bonchev–Trinajstić information content (AvgIpc) is 2.30. The predicted octanol–water partition coefficient (Wildman–Crippen LogP) is 2.72. The first-order chi connectivity index (χ1) is 7.77. The van der Waals surface area contributed by atoms with Crippen LogP contribution in [0.15, 0.2) is 42.5 Å². The minimum Gasteiger partial charge on any atom is -0.384 e. The minimum atomic E-state index is 0.155. The molecule has 0 spiro atoms. The van der Waals surface area contributed by atoms with Crippen LogP contribution in [0, 0.1) is 5.41 Å². The Labute approximate surface area is 93.9 Å². The Bertz CT molecular complexity index is 618. The summed E-state index contributed by atoms with van der Waals surface area (Å²) in [6, 6.07) is 12.5. The SMILES string of the molecule is N=C(N)C1=CCc2cccc3cccc1c23. The van der Waals surface area contributed by atoms with Gasteiger partial charge in [0.2, 0.25) is 0 Å². The molecule has 0 atom stereocenters. The fourth-order valence-corrected chi connectivity index (χ4v) is 2.39. The van der Waals surface area contributed by atoms with Gasteiger partial charge in [-0.3, -0.25) is 5.41 Å². The summed E-state index contributed by atoms with van der Waals surface area (Å²) in [5.41, 5.74) is 8.89. The lowest BCUT2D eigenvalue weighted by molar-refractivity contribution is 1.28. The van der Waals surface area contributed by atoms with Crippen LogP contribution < -0.4 is 5.73 Å². The quantitative estimate of drug-likeness (QED) is 0.549. The Morgan fingerprint density at radius 3 is 2.62 bits per heavy atom. The lowest BCUT2D eigenvalue weighted by atomic mass is 9.88. The van der Waals surface area contributed by atoms with Crippen LogP contribution in [0.4, 0.5) is 0 Å². The van der Waals surface area contributed by atoms with Gasteiger partial charge in [-0.05, 0) is 28.3 Å². The highest BCUT2D eigenvalue weighted by Gasteiger charge is 2.15. The molecule has 2 heteroatoms. The zero-order chi connectivity index (χ0) is 11.1. The van der Waals surface area contributed by atoms with E-state index in [-0.39, 0.29) is 5.84 Å². The molecular formula is C14H12N2. The second kappa shape index (κ2) is 3.20. The molecule has 0 aliphatic heterocycles. The molecule has 3 N–H and O–H groups in total. The Hall–Kier alpha value is -2.09. The maximum Gasteiger partial charge on any atom is 0.123 e. The molecule has 16 heavy (non-hydrogen) atoms. The summed E-state index contributed by atoms with van der Waals surface area (Å²) < 4.78 is 0. The third-order valence-corrected chi connectivity index (χ3v) is 3.10. The first kappa shape index (κ1) is 9.16. The molecule has 0 saturated carbocycles. The number of rotatable bonds is 1. The lowest BCUT2D eigenvalue weighted by Crippen LogP contribution is -2.14. The van der Waals surface area contributed by atoms with Crippen LogP contribution in [0.1, 0.15) is 11.1 Å². The summed E-state index contributed by atoms with van der Waals surface area (Å²) in [5, 5.41) is 10.1. The summed E-state index contributed by atoms with van der Waals surface area (Å²) in [4.78, 5) is 0. The van der Waals surface area contributed by atoms with Crippen LogP contribution in [0.25, 0.3) is 16.3 Å². The van der Waals surface area contributed by atoms with Crippen molar-refractivity contribution in [2.45, 2.75) is 6.42 Å². The summed E-state index contributed by atoms with van der Waals surface area (Å²) in [5.74, 6) is 0.155. The van der Waals surface area contributed by atoms with Crippen molar-refractivity contribution in [1.29, 1.82) is 5.41 Å². The van der Waals surface area contributed by atoms with Crippen LogP contribution in [-0.2, 0) is 6.42 Å². The molecular weight excluding hydrogens is 196 g/mol. The third-order valence-electron chi connectivity index (χ3n) is 3.10. The molecule has 0 heterocycles. The molecule has 0 saturated heterocycles. The van der Waals surface area contributed by atoms with Crippen LogP contribution in [0.2, 0.25) is 0 Å². The smallest absolute Gasteiger partial charge is 0.123 e. The third kappa shape index (κ3) is 1.16. The van der Waals surface area contributed by atoms with Crippen LogP contribution in [-0.4, -0.2) is 5.84 Å². The van der Waals surface area contributed by atoms with Gasteiger partial charge in [-0.25, -0.2) is 0 Å². The van der Waals surface area contributed by atoms with E-state index < -0.39 is 0 Å². The highest BCUT2D eigenvalue weighted by Crippen LogP contribution is 2.32. The van der Waals surface area contributed by atoms with Crippen LogP contribution >= 0.6 is 0 Å². The largest absolute Gasteiger partial charge is 0.384 e. The van der Waals surface area contributed by atoms with Gasteiger partial charge in [-0.2, -0.15) is 0 Å². The second-order valence-electron chi connectivity index (χ2n) is 4.06. The molecule has 0 amide bonds.